The minimum absolute atomic E-state index is 0.220. The van der Waals surface area contributed by atoms with Gasteiger partial charge in [-0.1, -0.05) is 30.3 Å². The topological polar surface area (TPSA) is 44.8 Å². The normalized spacial score (nSPS) is 10.6. The van der Waals surface area contributed by atoms with E-state index in [0.29, 0.717) is 18.8 Å². The van der Waals surface area contributed by atoms with Gasteiger partial charge in [-0.25, -0.2) is 4.79 Å². The number of hydrogen-bond donors (Lipinski definition) is 0. The smallest absolute Gasteiger partial charge is 0.338 e. The Labute approximate surface area is 143 Å². The Morgan fingerprint density at radius 3 is 2.29 bits per heavy atom. The number of esters is 1. The van der Waals surface area contributed by atoms with Gasteiger partial charge < -0.3 is 14.2 Å². The van der Waals surface area contributed by atoms with E-state index in [1.54, 1.807) is 12.1 Å². The number of carbonyl (C=O) groups excluding carboxylic acids is 1. The standard InChI is InChI=1S/C20H24O4/c1-16(2)22-13-12-17-8-10-18(11-9-17)20(21)24-15-14-23-19-6-4-3-5-7-19/h3-11,16H,12-15H2,1-2H3. The maximum Gasteiger partial charge on any atom is 0.338 e. The van der Waals surface area contributed by atoms with Crippen molar-refractivity contribution in [2.75, 3.05) is 19.8 Å². The maximum absolute atomic E-state index is 12.0. The fourth-order valence-electron chi connectivity index (χ4n) is 2.11. The van der Waals surface area contributed by atoms with Gasteiger partial charge in [-0.2, -0.15) is 0 Å². The fourth-order valence-corrected chi connectivity index (χ4v) is 2.11. The van der Waals surface area contributed by atoms with Gasteiger partial charge in [-0.15, -0.1) is 0 Å². The molecule has 0 unspecified atom stereocenters. The van der Waals surface area contributed by atoms with E-state index in [9.17, 15) is 4.79 Å². The van der Waals surface area contributed by atoms with Crippen LogP contribution in [0.15, 0.2) is 54.6 Å². The first-order chi connectivity index (χ1) is 11.6. The molecule has 4 heteroatoms. The molecule has 2 aromatic carbocycles. The SMILES string of the molecule is CC(C)OCCc1ccc(C(=O)OCCOc2ccccc2)cc1. The summed E-state index contributed by atoms with van der Waals surface area (Å²) in [6, 6.07) is 16.9. The van der Waals surface area contributed by atoms with Crippen LogP contribution >= 0.6 is 0 Å². The molecule has 0 radical (unpaired) electrons. The van der Waals surface area contributed by atoms with Crippen LogP contribution < -0.4 is 4.74 Å². The summed E-state index contributed by atoms with van der Waals surface area (Å²) in [4.78, 5) is 12.0. The molecule has 0 saturated carbocycles. The lowest BCUT2D eigenvalue weighted by molar-refractivity contribution is 0.0450. The minimum Gasteiger partial charge on any atom is -0.490 e. The summed E-state index contributed by atoms with van der Waals surface area (Å²) >= 11 is 0. The third-order valence-corrected chi connectivity index (χ3v) is 3.36. The Morgan fingerprint density at radius 1 is 0.917 bits per heavy atom. The van der Waals surface area contributed by atoms with Gasteiger partial charge in [0.25, 0.3) is 0 Å². The largest absolute Gasteiger partial charge is 0.490 e. The van der Waals surface area contributed by atoms with E-state index in [0.717, 1.165) is 17.7 Å². The van der Waals surface area contributed by atoms with E-state index < -0.39 is 0 Å². The average Bonchev–Trinajstić information content (AvgIpc) is 2.60. The van der Waals surface area contributed by atoms with E-state index in [2.05, 4.69) is 0 Å². The third kappa shape index (κ3) is 6.42. The summed E-state index contributed by atoms with van der Waals surface area (Å²) in [6.07, 6.45) is 1.07. The zero-order valence-electron chi connectivity index (χ0n) is 14.2. The van der Waals surface area contributed by atoms with Crippen molar-refractivity contribution in [3.05, 3.63) is 65.7 Å². The monoisotopic (exact) mass is 328 g/mol. The predicted octanol–water partition coefficient (Wildman–Crippen LogP) is 3.89. The van der Waals surface area contributed by atoms with Gasteiger partial charge in [-0.3, -0.25) is 0 Å². The van der Waals surface area contributed by atoms with E-state index >= 15 is 0 Å². The van der Waals surface area contributed by atoms with E-state index in [1.807, 2.05) is 56.3 Å². The Bertz CT molecular complexity index is 605. The van der Waals surface area contributed by atoms with Crippen LogP contribution in [0.4, 0.5) is 0 Å². The van der Waals surface area contributed by atoms with Gasteiger partial charge in [0.2, 0.25) is 0 Å². The Hall–Kier alpha value is -2.33. The van der Waals surface area contributed by atoms with Crippen LogP contribution in [-0.2, 0) is 15.9 Å². The molecule has 0 fully saturated rings. The molecule has 4 nitrogen and oxygen atoms in total. The Balaban J connectivity index is 1.70. The zero-order chi connectivity index (χ0) is 17.2. The summed E-state index contributed by atoms with van der Waals surface area (Å²) < 4.78 is 16.2. The molecule has 0 aliphatic heterocycles. The van der Waals surface area contributed by atoms with Crippen LogP contribution in [0.3, 0.4) is 0 Å². The van der Waals surface area contributed by atoms with Crippen LogP contribution in [0.2, 0.25) is 0 Å². The quantitative estimate of drug-likeness (QED) is 0.517. The average molecular weight is 328 g/mol. The molecule has 128 valence electrons. The van der Waals surface area contributed by atoms with Crippen molar-refractivity contribution >= 4 is 5.97 Å². The number of hydrogen-bond acceptors (Lipinski definition) is 4. The molecule has 0 aromatic heterocycles. The van der Waals surface area contributed by atoms with Crippen molar-refractivity contribution < 1.29 is 19.0 Å². The second kappa shape index (κ2) is 9.73. The molecule has 2 aromatic rings. The van der Waals surface area contributed by atoms with Crippen LogP contribution in [0, 0.1) is 0 Å². The van der Waals surface area contributed by atoms with Crippen molar-refractivity contribution in [2.45, 2.75) is 26.4 Å². The molecule has 2 rings (SSSR count). The highest BCUT2D eigenvalue weighted by Gasteiger charge is 2.07. The van der Waals surface area contributed by atoms with Crippen LogP contribution in [0.25, 0.3) is 0 Å². The lowest BCUT2D eigenvalue weighted by atomic mass is 10.1. The second-order valence-electron chi connectivity index (χ2n) is 5.66. The predicted molar refractivity (Wildman–Crippen MR) is 93.5 cm³/mol. The van der Waals surface area contributed by atoms with Crippen LogP contribution in [-0.4, -0.2) is 31.9 Å². The van der Waals surface area contributed by atoms with Crippen molar-refractivity contribution in [2.24, 2.45) is 0 Å². The van der Waals surface area contributed by atoms with Crippen molar-refractivity contribution in [1.82, 2.24) is 0 Å². The molecular formula is C20H24O4. The molecule has 0 bridgehead atoms. The van der Waals surface area contributed by atoms with Crippen molar-refractivity contribution in [3.8, 4) is 5.75 Å². The highest BCUT2D eigenvalue weighted by Crippen LogP contribution is 2.09. The van der Waals surface area contributed by atoms with Gasteiger partial charge in [0.1, 0.15) is 19.0 Å². The number of rotatable bonds is 9. The van der Waals surface area contributed by atoms with Crippen molar-refractivity contribution in [3.63, 3.8) is 0 Å². The summed E-state index contributed by atoms with van der Waals surface area (Å²) in [5.74, 6) is 0.429. The fraction of sp³-hybridized carbons (Fsp3) is 0.350. The molecule has 0 amide bonds. The first kappa shape index (κ1) is 18.0. The summed E-state index contributed by atoms with van der Waals surface area (Å²) in [5.41, 5.74) is 1.68. The van der Waals surface area contributed by atoms with Gasteiger partial charge in [-0.05, 0) is 50.1 Å². The van der Waals surface area contributed by atoms with Gasteiger partial charge in [0, 0.05) is 0 Å². The highest BCUT2D eigenvalue weighted by atomic mass is 16.6. The lowest BCUT2D eigenvalue weighted by Crippen LogP contribution is -2.12. The van der Waals surface area contributed by atoms with Gasteiger partial charge >= 0.3 is 5.97 Å². The van der Waals surface area contributed by atoms with E-state index in [-0.39, 0.29) is 18.7 Å². The first-order valence-corrected chi connectivity index (χ1v) is 8.20. The molecule has 24 heavy (non-hydrogen) atoms. The number of para-hydroxylation sites is 1. The molecule has 0 N–H and O–H groups in total. The van der Waals surface area contributed by atoms with Crippen LogP contribution in [0.1, 0.15) is 29.8 Å². The molecule has 0 spiro atoms. The lowest BCUT2D eigenvalue weighted by Gasteiger charge is -2.09. The van der Waals surface area contributed by atoms with Crippen molar-refractivity contribution in [1.29, 1.82) is 0 Å². The molecule has 0 atom stereocenters. The number of ether oxygens (including phenoxy) is 3. The zero-order valence-corrected chi connectivity index (χ0v) is 14.2. The Kier molecular flexibility index (Phi) is 7.30. The van der Waals surface area contributed by atoms with E-state index in [1.165, 1.54) is 0 Å². The molecule has 0 saturated heterocycles. The number of carbonyl (C=O) groups is 1. The third-order valence-electron chi connectivity index (χ3n) is 3.36. The Morgan fingerprint density at radius 2 is 1.62 bits per heavy atom. The summed E-state index contributed by atoms with van der Waals surface area (Å²) in [6.45, 7) is 5.26. The number of benzene rings is 2. The first-order valence-electron chi connectivity index (χ1n) is 8.20. The van der Waals surface area contributed by atoms with E-state index in [4.69, 9.17) is 14.2 Å². The molecule has 0 aliphatic rings. The minimum atomic E-state index is -0.336. The molecule has 0 aliphatic carbocycles. The van der Waals surface area contributed by atoms with Crippen LogP contribution in [0.5, 0.6) is 5.75 Å². The summed E-state index contributed by atoms with van der Waals surface area (Å²) in [7, 11) is 0. The second-order valence-corrected chi connectivity index (χ2v) is 5.66. The molecular weight excluding hydrogens is 304 g/mol. The maximum atomic E-state index is 12.0. The molecule has 0 heterocycles. The van der Waals surface area contributed by atoms with Gasteiger partial charge in [0.05, 0.1) is 18.3 Å². The highest BCUT2D eigenvalue weighted by molar-refractivity contribution is 5.89. The van der Waals surface area contributed by atoms with Gasteiger partial charge in [0.15, 0.2) is 0 Å². The summed E-state index contributed by atoms with van der Waals surface area (Å²) in [5, 5.41) is 0.